The van der Waals surface area contributed by atoms with Crippen LogP contribution in [0.4, 0.5) is 8.78 Å². The Kier molecular flexibility index (Phi) is 2.97. The molecular formula is C7H7BrF2NO+. The lowest BCUT2D eigenvalue weighted by Gasteiger charge is -1.98. The van der Waals surface area contributed by atoms with Crippen LogP contribution in [0.5, 0.6) is 0 Å². The summed E-state index contributed by atoms with van der Waals surface area (Å²) in [6, 6.07) is 2.93. The topological polar surface area (TPSA) is 13.1 Å². The van der Waals surface area contributed by atoms with E-state index < -0.39 is 6.43 Å². The van der Waals surface area contributed by atoms with E-state index in [4.69, 9.17) is 0 Å². The van der Waals surface area contributed by atoms with Gasteiger partial charge in [0, 0.05) is 21.3 Å². The van der Waals surface area contributed by atoms with Crippen molar-refractivity contribution in [1.29, 1.82) is 0 Å². The highest BCUT2D eigenvalue weighted by Crippen LogP contribution is 2.17. The second-order valence-corrected chi connectivity index (χ2v) is 2.99. The molecule has 0 aliphatic heterocycles. The van der Waals surface area contributed by atoms with Gasteiger partial charge in [-0.1, -0.05) is 15.9 Å². The zero-order valence-corrected chi connectivity index (χ0v) is 7.88. The predicted molar refractivity (Wildman–Crippen MR) is 41.8 cm³/mol. The maximum atomic E-state index is 12.3. The van der Waals surface area contributed by atoms with Crippen molar-refractivity contribution in [3.63, 3.8) is 0 Å². The van der Waals surface area contributed by atoms with E-state index in [2.05, 4.69) is 20.8 Å². The molecule has 2 nitrogen and oxygen atoms in total. The molecule has 0 aliphatic rings. The molecule has 5 heteroatoms. The molecule has 0 N–H and O–H groups in total. The fourth-order valence-electron chi connectivity index (χ4n) is 0.803. The first-order chi connectivity index (χ1) is 5.65. The summed E-state index contributed by atoms with van der Waals surface area (Å²) in [5.41, 5.74) is -0.174. The van der Waals surface area contributed by atoms with Crippen LogP contribution in [0.3, 0.4) is 0 Å². The largest absolute Gasteiger partial charge is 0.325 e. The Balaban J connectivity index is 3.12. The first-order valence-corrected chi connectivity index (χ1v) is 3.98. The van der Waals surface area contributed by atoms with Crippen LogP contribution < -0.4 is 9.57 Å². The summed E-state index contributed by atoms with van der Waals surface area (Å²) in [5, 5.41) is 0. The molecule has 12 heavy (non-hydrogen) atoms. The molecule has 0 fully saturated rings. The van der Waals surface area contributed by atoms with Crippen molar-refractivity contribution in [2.75, 3.05) is 7.11 Å². The Hall–Kier alpha value is -0.710. The Bertz CT molecular complexity index is 280. The average molecular weight is 239 g/mol. The molecule has 0 amide bonds. The van der Waals surface area contributed by atoms with Crippen LogP contribution in [0.15, 0.2) is 22.8 Å². The Labute approximate surface area is 76.9 Å². The molecule has 0 saturated heterocycles. The fraction of sp³-hybridized carbons (Fsp3) is 0.286. The molecule has 1 aromatic heterocycles. The van der Waals surface area contributed by atoms with Gasteiger partial charge in [-0.2, -0.15) is 8.78 Å². The van der Waals surface area contributed by atoms with Crippen LogP contribution in [-0.4, -0.2) is 7.11 Å². The highest BCUT2D eigenvalue weighted by atomic mass is 79.9. The lowest BCUT2D eigenvalue weighted by molar-refractivity contribution is -0.893. The summed E-state index contributed by atoms with van der Waals surface area (Å²) < 4.78 is 26.2. The van der Waals surface area contributed by atoms with Gasteiger partial charge in [0.05, 0.1) is 0 Å². The van der Waals surface area contributed by atoms with Crippen LogP contribution in [0.25, 0.3) is 0 Å². The van der Waals surface area contributed by atoms with E-state index in [-0.39, 0.29) is 5.69 Å². The van der Waals surface area contributed by atoms with Gasteiger partial charge in [-0.05, 0) is 0 Å². The van der Waals surface area contributed by atoms with Gasteiger partial charge in [-0.3, -0.25) is 4.84 Å². The van der Waals surface area contributed by atoms with Gasteiger partial charge < -0.3 is 0 Å². The minimum atomic E-state index is -2.54. The molecule has 0 spiro atoms. The average Bonchev–Trinajstić information content (AvgIpc) is 2.04. The summed E-state index contributed by atoms with van der Waals surface area (Å²) in [5.74, 6) is 0. The summed E-state index contributed by atoms with van der Waals surface area (Å²) in [6.07, 6.45) is -1.12. The van der Waals surface area contributed by atoms with Crippen molar-refractivity contribution in [3.05, 3.63) is 28.5 Å². The number of pyridine rings is 1. The van der Waals surface area contributed by atoms with Crippen LogP contribution in [0, 0.1) is 0 Å². The first-order valence-electron chi connectivity index (χ1n) is 3.19. The van der Waals surface area contributed by atoms with E-state index in [1.807, 2.05) is 0 Å². The Morgan fingerprint density at radius 3 is 2.75 bits per heavy atom. The second kappa shape index (κ2) is 3.80. The van der Waals surface area contributed by atoms with Crippen LogP contribution in [0.2, 0.25) is 0 Å². The summed E-state index contributed by atoms with van der Waals surface area (Å²) in [4.78, 5) is 4.68. The molecular weight excluding hydrogens is 232 g/mol. The van der Waals surface area contributed by atoms with Gasteiger partial charge in [-0.25, -0.2) is 0 Å². The SMILES string of the molecule is CO[n+]1ccc(Br)cc1C(F)F. The maximum Gasteiger partial charge on any atom is 0.325 e. The third-order valence-electron chi connectivity index (χ3n) is 1.33. The van der Waals surface area contributed by atoms with Crippen molar-refractivity contribution in [2.24, 2.45) is 0 Å². The lowest BCUT2D eigenvalue weighted by Crippen LogP contribution is -2.44. The predicted octanol–water partition coefficient (Wildman–Crippen LogP) is 1.73. The third kappa shape index (κ3) is 1.91. The molecule has 0 atom stereocenters. The van der Waals surface area contributed by atoms with Gasteiger partial charge in [0.2, 0.25) is 6.20 Å². The Morgan fingerprint density at radius 1 is 1.58 bits per heavy atom. The zero-order valence-electron chi connectivity index (χ0n) is 6.30. The van der Waals surface area contributed by atoms with Crippen molar-refractivity contribution < 1.29 is 18.3 Å². The molecule has 0 saturated carbocycles. The highest BCUT2D eigenvalue weighted by Gasteiger charge is 2.22. The Morgan fingerprint density at radius 2 is 2.25 bits per heavy atom. The van der Waals surface area contributed by atoms with E-state index in [1.54, 1.807) is 6.07 Å². The maximum absolute atomic E-state index is 12.3. The molecule has 1 aromatic rings. The second-order valence-electron chi connectivity index (χ2n) is 2.08. The normalized spacial score (nSPS) is 10.4. The smallest absolute Gasteiger partial charge is 0.274 e. The van der Waals surface area contributed by atoms with E-state index in [0.29, 0.717) is 4.47 Å². The molecule has 66 valence electrons. The summed E-state index contributed by atoms with van der Waals surface area (Å²) >= 11 is 3.09. The number of aromatic nitrogens is 1. The van der Waals surface area contributed by atoms with E-state index in [0.717, 1.165) is 4.73 Å². The number of hydrogen-bond donors (Lipinski definition) is 0. The highest BCUT2D eigenvalue weighted by molar-refractivity contribution is 9.10. The zero-order chi connectivity index (χ0) is 9.14. The van der Waals surface area contributed by atoms with Crippen LogP contribution in [-0.2, 0) is 0 Å². The monoisotopic (exact) mass is 238 g/mol. The summed E-state index contributed by atoms with van der Waals surface area (Å²) in [6.45, 7) is 0. The quantitative estimate of drug-likeness (QED) is 0.716. The van der Waals surface area contributed by atoms with Crippen molar-refractivity contribution >= 4 is 15.9 Å². The van der Waals surface area contributed by atoms with E-state index >= 15 is 0 Å². The van der Waals surface area contributed by atoms with Gasteiger partial charge in [-0.15, -0.1) is 0 Å². The molecule has 0 aliphatic carbocycles. The molecule has 0 bridgehead atoms. The van der Waals surface area contributed by atoms with Crippen molar-refractivity contribution in [3.8, 4) is 0 Å². The standard InChI is InChI=1S/C7H7BrF2NO/c1-12-11-3-2-5(8)4-6(11)7(9)10/h2-4,7H,1H3/q+1. The number of nitrogens with zero attached hydrogens (tertiary/aromatic N) is 1. The minimum Gasteiger partial charge on any atom is -0.274 e. The van der Waals surface area contributed by atoms with Crippen molar-refractivity contribution in [2.45, 2.75) is 6.43 Å². The van der Waals surface area contributed by atoms with E-state index in [1.165, 1.54) is 19.4 Å². The molecule has 0 aromatic carbocycles. The van der Waals surface area contributed by atoms with Gasteiger partial charge >= 0.3 is 12.1 Å². The van der Waals surface area contributed by atoms with E-state index in [9.17, 15) is 8.78 Å². The summed E-state index contributed by atoms with van der Waals surface area (Å²) in [7, 11) is 1.33. The van der Waals surface area contributed by atoms with Crippen LogP contribution >= 0.6 is 15.9 Å². The first kappa shape index (κ1) is 9.38. The molecule has 1 rings (SSSR count). The fourth-order valence-corrected chi connectivity index (χ4v) is 1.16. The third-order valence-corrected chi connectivity index (χ3v) is 1.82. The molecule has 0 unspecified atom stereocenters. The van der Waals surface area contributed by atoms with Gasteiger partial charge in [0.25, 0.3) is 0 Å². The number of hydrogen-bond acceptors (Lipinski definition) is 1. The number of halogens is 3. The number of rotatable bonds is 2. The van der Waals surface area contributed by atoms with Crippen LogP contribution in [0.1, 0.15) is 12.1 Å². The molecule has 0 radical (unpaired) electrons. The lowest BCUT2D eigenvalue weighted by atomic mass is 10.4. The van der Waals surface area contributed by atoms with Gasteiger partial charge in [0.1, 0.15) is 7.11 Å². The van der Waals surface area contributed by atoms with Gasteiger partial charge in [0.15, 0.2) is 0 Å². The minimum absolute atomic E-state index is 0.174. The molecule has 1 heterocycles. The van der Waals surface area contributed by atoms with Crippen molar-refractivity contribution in [1.82, 2.24) is 0 Å². The number of alkyl halides is 2.